The lowest BCUT2D eigenvalue weighted by molar-refractivity contribution is -0.122. The van der Waals surface area contributed by atoms with E-state index in [1.807, 2.05) is 25.3 Å². The summed E-state index contributed by atoms with van der Waals surface area (Å²) < 4.78 is 4.36. The molecule has 6 nitrogen and oxygen atoms in total. The summed E-state index contributed by atoms with van der Waals surface area (Å²) in [7, 11) is 0. The van der Waals surface area contributed by atoms with Crippen molar-refractivity contribution in [3.8, 4) is 0 Å². The predicted octanol–water partition coefficient (Wildman–Crippen LogP) is 1.84. The molecule has 0 unspecified atom stereocenters. The zero-order valence-corrected chi connectivity index (χ0v) is 14.1. The summed E-state index contributed by atoms with van der Waals surface area (Å²) in [6, 6.07) is 0.0356. The molecule has 1 N–H and O–H groups in total. The monoisotopic (exact) mass is 326 g/mol. The van der Waals surface area contributed by atoms with E-state index in [1.165, 1.54) is 15.9 Å². The molecule has 0 saturated heterocycles. The van der Waals surface area contributed by atoms with E-state index in [4.69, 9.17) is 12.2 Å². The van der Waals surface area contributed by atoms with Gasteiger partial charge in [0, 0.05) is 12.6 Å². The molecular formula is C13H18N4O2S2. The lowest BCUT2D eigenvalue weighted by Gasteiger charge is -2.12. The van der Waals surface area contributed by atoms with Crippen LogP contribution in [0.25, 0.3) is 10.3 Å². The number of rotatable bonds is 4. The van der Waals surface area contributed by atoms with Gasteiger partial charge >= 0.3 is 0 Å². The molecule has 1 amide bonds. The highest BCUT2D eigenvalue weighted by Gasteiger charge is 2.16. The first-order valence-corrected chi connectivity index (χ1v) is 7.97. The van der Waals surface area contributed by atoms with E-state index >= 15 is 0 Å². The van der Waals surface area contributed by atoms with Crippen LogP contribution in [0.2, 0.25) is 0 Å². The zero-order chi connectivity index (χ0) is 15.7. The molecule has 0 fully saturated rings. The van der Waals surface area contributed by atoms with E-state index in [0.717, 1.165) is 0 Å². The van der Waals surface area contributed by atoms with Gasteiger partial charge in [-0.05, 0) is 39.9 Å². The standard InChI is InChI=1S/C13H18N4O2S2/c1-5-16-11-10(21-13(16)20)12(19)17(8(4)15-11)6-9(18)14-7(2)3/h7H,5-6H2,1-4H3,(H,14,18). The van der Waals surface area contributed by atoms with Crippen LogP contribution in [0, 0.1) is 10.9 Å². The second-order valence-corrected chi connectivity index (χ2v) is 6.68. The molecule has 0 saturated carbocycles. The molecule has 0 bridgehead atoms. The number of hydrogen-bond acceptors (Lipinski definition) is 5. The molecular weight excluding hydrogens is 308 g/mol. The minimum absolute atomic E-state index is 0.0252. The highest BCUT2D eigenvalue weighted by Crippen LogP contribution is 2.18. The highest BCUT2D eigenvalue weighted by molar-refractivity contribution is 7.73. The van der Waals surface area contributed by atoms with Crippen molar-refractivity contribution in [2.24, 2.45) is 0 Å². The van der Waals surface area contributed by atoms with Crippen LogP contribution >= 0.6 is 23.6 Å². The van der Waals surface area contributed by atoms with Gasteiger partial charge in [0.05, 0.1) is 0 Å². The summed E-state index contributed by atoms with van der Waals surface area (Å²) in [5, 5.41) is 2.77. The minimum Gasteiger partial charge on any atom is -0.352 e. The summed E-state index contributed by atoms with van der Waals surface area (Å²) in [5.74, 6) is 0.316. The highest BCUT2D eigenvalue weighted by atomic mass is 32.1. The van der Waals surface area contributed by atoms with Gasteiger partial charge in [0.2, 0.25) is 5.91 Å². The molecule has 2 heterocycles. The number of aromatic nitrogens is 3. The van der Waals surface area contributed by atoms with Crippen molar-refractivity contribution >= 4 is 39.8 Å². The minimum atomic E-state index is -0.209. The first kappa shape index (κ1) is 15.8. The maximum atomic E-state index is 12.5. The Kier molecular flexibility index (Phi) is 4.58. The quantitative estimate of drug-likeness (QED) is 0.871. The van der Waals surface area contributed by atoms with Crippen molar-refractivity contribution in [3.05, 3.63) is 20.1 Å². The number of amides is 1. The van der Waals surface area contributed by atoms with E-state index in [0.29, 0.717) is 26.7 Å². The summed E-state index contributed by atoms with van der Waals surface area (Å²) in [6.07, 6.45) is 0. The van der Waals surface area contributed by atoms with E-state index in [9.17, 15) is 9.59 Å². The Labute approximate surface area is 131 Å². The van der Waals surface area contributed by atoms with Crippen LogP contribution in [0.1, 0.15) is 26.6 Å². The maximum Gasteiger partial charge on any atom is 0.273 e. The predicted molar refractivity (Wildman–Crippen MR) is 86.4 cm³/mol. The van der Waals surface area contributed by atoms with Crippen molar-refractivity contribution in [1.82, 2.24) is 19.4 Å². The summed E-state index contributed by atoms with van der Waals surface area (Å²) in [5.41, 5.74) is 0.398. The van der Waals surface area contributed by atoms with Gasteiger partial charge in [-0.15, -0.1) is 0 Å². The number of fused-ring (bicyclic) bond motifs is 1. The van der Waals surface area contributed by atoms with Gasteiger partial charge < -0.3 is 9.88 Å². The van der Waals surface area contributed by atoms with Crippen LogP contribution in [0.4, 0.5) is 0 Å². The van der Waals surface area contributed by atoms with Gasteiger partial charge in [-0.3, -0.25) is 14.2 Å². The Bertz CT molecular complexity index is 801. The molecule has 21 heavy (non-hydrogen) atoms. The largest absolute Gasteiger partial charge is 0.352 e. The van der Waals surface area contributed by atoms with E-state index in [1.54, 1.807) is 6.92 Å². The first-order chi connectivity index (χ1) is 9.85. The van der Waals surface area contributed by atoms with Crippen LogP contribution in [-0.2, 0) is 17.9 Å². The fourth-order valence-corrected chi connectivity index (χ4v) is 3.52. The first-order valence-electron chi connectivity index (χ1n) is 6.75. The maximum absolute atomic E-state index is 12.5. The lowest BCUT2D eigenvalue weighted by atomic mass is 10.4. The third kappa shape index (κ3) is 3.06. The molecule has 114 valence electrons. The molecule has 0 radical (unpaired) electrons. The Hall–Kier alpha value is -1.54. The van der Waals surface area contributed by atoms with Crippen molar-refractivity contribution in [1.29, 1.82) is 0 Å². The van der Waals surface area contributed by atoms with Gasteiger partial charge in [0.25, 0.3) is 5.56 Å². The molecule has 0 atom stereocenters. The van der Waals surface area contributed by atoms with Gasteiger partial charge in [-0.2, -0.15) is 0 Å². The van der Waals surface area contributed by atoms with Crippen molar-refractivity contribution in [2.75, 3.05) is 0 Å². The Morgan fingerprint density at radius 2 is 2.10 bits per heavy atom. The molecule has 0 spiro atoms. The van der Waals surface area contributed by atoms with Gasteiger partial charge in [0.15, 0.2) is 9.60 Å². The number of nitrogens with zero attached hydrogens (tertiary/aromatic N) is 3. The van der Waals surface area contributed by atoms with E-state index < -0.39 is 0 Å². The Morgan fingerprint density at radius 3 is 2.67 bits per heavy atom. The number of carbonyl (C=O) groups is 1. The van der Waals surface area contributed by atoms with Gasteiger partial charge in [0.1, 0.15) is 17.1 Å². The molecule has 0 aliphatic carbocycles. The number of nitrogens with one attached hydrogen (secondary N) is 1. The third-order valence-corrected chi connectivity index (χ3v) is 4.46. The van der Waals surface area contributed by atoms with E-state index in [2.05, 4.69) is 10.3 Å². The number of aryl methyl sites for hydroxylation is 2. The normalized spacial score (nSPS) is 11.3. The second-order valence-electron chi connectivity index (χ2n) is 5.04. The molecule has 0 aliphatic rings. The fourth-order valence-electron chi connectivity index (χ4n) is 2.11. The third-order valence-electron chi connectivity index (χ3n) is 3.03. The van der Waals surface area contributed by atoms with Gasteiger partial charge in [-0.25, -0.2) is 4.98 Å². The molecule has 2 aromatic heterocycles. The van der Waals surface area contributed by atoms with Crippen LogP contribution in [0.5, 0.6) is 0 Å². The number of thiazole rings is 1. The number of hydrogen-bond donors (Lipinski definition) is 1. The molecule has 2 aromatic rings. The molecule has 0 aliphatic heterocycles. The molecule has 2 rings (SSSR count). The average molecular weight is 326 g/mol. The molecule has 8 heteroatoms. The lowest BCUT2D eigenvalue weighted by Crippen LogP contribution is -2.37. The van der Waals surface area contributed by atoms with Crippen molar-refractivity contribution in [3.63, 3.8) is 0 Å². The smallest absolute Gasteiger partial charge is 0.273 e. The fraction of sp³-hybridized carbons (Fsp3) is 0.538. The Balaban J connectivity index is 2.54. The number of carbonyl (C=O) groups excluding carboxylic acids is 1. The topological polar surface area (TPSA) is 68.9 Å². The van der Waals surface area contributed by atoms with Crippen LogP contribution < -0.4 is 10.9 Å². The SMILES string of the molecule is CCn1c(=S)sc2c(=O)n(CC(=O)NC(C)C)c(C)nc21. The van der Waals surface area contributed by atoms with Crippen molar-refractivity contribution in [2.45, 2.75) is 46.8 Å². The summed E-state index contributed by atoms with van der Waals surface area (Å²) in [4.78, 5) is 28.9. The van der Waals surface area contributed by atoms with Crippen molar-refractivity contribution < 1.29 is 4.79 Å². The molecule has 0 aromatic carbocycles. The van der Waals surface area contributed by atoms with Crippen LogP contribution in [-0.4, -0.2) is 26.1 Å². The summed E-state index contributed by atoms with van der Waals surface area (Å²) >= 11 is 6.50. The summed E-state index contributed by atoms with van der Waals surface area (Å²) in [6.45, 7) is 8.08. The van der Waals surface area contributed by atoms with E-state index in [-0.39, 0.29) is 24.1 Å². The van der Waals surface area contributed by atoms with Gasteiger partial charge in [-0.1, -0.05) is 11.3 Å². The second kappa shape index (κ2) is 6.07. The van der Waals surface area contributed by atoms with Crippen LogP contribution in [0.15, 0.2) is 4.79 Å². The van der Waals surface area contributed by atoms with Crippen LogP contribution in [0.3, 0.4) is 0 Å². The zero-order valence-electron chi connectivity index (χ0n) is 12.5. The average Bonchev–Trinajstić information content (AvgIpc) is 2.69. The Morgan fingerprint density at radius 1 is 1.43 bits per heavy atom.